The molecule has 7 nitrogen and oxygen atoms in total. The molecule has 0 saturated carbocycles. The van der Waals surface area contributed by atoms with Gasteiger partial charge in [0, 0.05) is 38.7 Å². The lowest BCUT2D eigenvalue weighted by Crippen LogP contribution is -2.37. The Morgan fingerprint density at radius 3 is 3.00 bits per heavy atom. The predicted octanol–water partition coefficient (Wildman–Crippen LogP) is 0.315. The number of methoxy groups -OCH3 is 1. The number of nitrogens with zero attached hydrogens (tertiary/aromatic N) is 3. The second kappa shape index (κ2) is 6.14. The van der Waals surface area contributed by atoms with Crippen molar-refractivity contribution < 1.29 is 14.3 Å². The number of hydrogen-bond donors (Lipinski definition) is 1. The Balaban J connectivity index is 1.95. The number of hydrazone groups is 1. The molecule has 0 spiro atoms. The van der Waals surface area contributed by atoms with E-state index in [0.717, 1.165) is 5.56 Å². The average molecular weight is 276 g/mol. The molecular formula is C13H16N4O3. The van der Waals surface area contributed by atoms with E-state index in [1.54, 1.807) is 25.4 Å². The normalized spacial score (nSPS) is 14.8. The summed E-state index contributed by atoms with van der Waals surface area (Å²) in [6.07, 6.45) is 2.30. The van der Waals surface area contributed by atoms with Gasteiger partial charge < -0.3 is 10.1 Å². The Labute approximate surface area is 116 Å². The lowest BCUT2D eigenvalue weighted by Gasteiger charge is -2.18. The van der Waals surface area contributed by atoms with Crippen molar-refractivity contribution in [2.45, 2.75) is 19.4 Å². The molecule has 7 heteroatoms. The van der Waals surface area contributed by atoms with E-state index in [1.165, 1.54) is 12.1 Å². The molecular weight excluding hydrogens is 260 g/mol. The highest BCUT2D eigenvalue weighted by Gasteiger charge is 2.21. The molecule has 1 aromatic heterocycles. The summed E-state index contributed by atoms with van der Waals surface area (Å²) in [5.74, 6) is 0.151. The zero-order chi connectivity index (χ0) is 14.5. The minimum atomic E-state index is -0.264. The number of ether oxygens (including phenoxy) is 1. The van der Waals surface area contributed by atoms with Crippen molar-refractivity contribution in [1.29, 1.82) is 0 Å². The van der Waals surface area contributed by atoms with Gasteiger partial charge in [0.05, 0.1) is 7.11 Å². The van der Waals surface area contributed by atoms with Crippen LogP contribution in [0.3, 0.4) is 0 Å². The van der Waals surface area contributed by atoms with Crippen molar-refractivity contribution in [3.8, 4) is 5.88 Å². The Morgan fingerprint density at radius 2 is 2.30 bits per heavy atom. The van der Waals surface area contributed by atoms with Crippen LogP contribution in [0.15, 0.2) is 23.4 Å². The molecule has 0 unspecified atom stereocenters. The first-order chi connectivity index (χ1) is 9.60. The first-order valence-electron chi connectivity index (χ1n) is 6.21. The Morgan fingerprint density at radius 1 is 1.50 bits per heavy atom. The zero-order valence-corrected chi connectivity index (χ0v) is 11.4. The van der Waals surface area contributed by atoms with Crippen molar-refractivity contribution in [1.82, 2.24) is 15.3 Å². The van der Waals surface area contributed by atoms with Gasteiger partial charge in [0.2, 0.25) is 11.8 Å². The van der Waals surface area contributed by atoms with Crippen LogP contribution in [-0.4, -0.2) is 41.7 Å². The summed E-state index contributed by atoms with van der Waals surface area (Å²) in [7, 11) is 3.08. The zero-order valence-electron chi connectivity index (χ0n) is 11.4. The van der Waals surface area contributed by atoms with Gasteiger partial charge in [-0.1, -0.05) is 0 Å². The smallest absolute Gasteiger partial charge is 0.267 e. The summed E-state index contributed by atoms with van der Waals surface area (Å²) >= 11 is 0. The van der Waals surface area contributed by atoms with Crippen LogP contribution in [0.2, 0.25) is 0 Å². The van der Waals surface area contributed by atoms with Crippen molar-refractivity contribution in [3.05, 3.63) is 23.9 Å². The molecule has 0 fully saturated rings. The minimum absolute atomic E-state index is 0.0829. The summed E-state index contributed by atoms with van der Waals surface area (Å²) in [4.78, 5) is 27.2. The number of nitrogens with one attached hydrogen (secondary N) is 1. The van der Waals surface area contributed by atoms with E-state index in [9.17, 15) is 9.59 Å². The standard InChI is InChI=1S/C13H16N4O3/c1-17-12(18)4-3-10(16-17)13(19)15-8-9-5-6-14-11(7-9)20-2/h5-7H,3-4,8H2,1-2H3,(H,15,19). The maximum absolute atomic E-state index is 12.0. The molecule has 1 aromatic rings. The van der Waals surface area contributed by atoms with Crippen molar-refractivity contribution in [2.24, 2.45) is 5.10 Å². The lowest BCUT2D eigenvalue weighted by atomic mass is 10.1. The monoisotopic (exact) mass is 276 g/mol. The van der Waals surface area contributed by atoms with Gasteiger partial charge in [-0.05, 0) is 11.6 Å². The van der Waals surface area contributed by atoms with Gasteiger partial charge in [-0.2, -0.15) is 5.10 Å². The Kier molecular flexibility index (Phi) is 4.29. The molecule has 1 aliphatic rings. The molecule has 0 aliphatic carbocycles. The van der Waals surface area contributed by atoms with Crippen molar-refractivity contribution in [2.75, 3.05) is 14.2 Å². The van der Waals surface area contributed by atoms with Crippen molar-refractivity contribution >= 4 is 17.5 Å². The molecule has 106 valence electrons. The molecule has 2 amide bonds. The highest BCUT2D eigenvalue weighted by atomic mass is 16.5. The van der Waals surface area contributed by atoms with Crippen LogP contribution >= 0.6 is 0 Å². The van der Waals surface area contributed by atoms with Gasteiger partial charge in [-0.3, -0.25) is 9.59 Å². The third-order valence-corrected chi connectivity index (χ3v) is 2.93. The largest absolute Gasteiger partial charge is 0.481 e. The molecule has 2 rings (SSSR count). The molecule has 0 aromatic carbocycles. The molecule has 2 heterocycles. The van der Waals surface area contributed by atoms with Gasteiger partial charge in [-0.25, -0.2) is 9.99 Å². The summed E-state index contributed by atoms with van der Waals surface area (Å²) < 4.78 is 5.01. The van der Waals surface area contributed by atoms with Gasteiger partial charge in [-0.15, -0.1) is 0 Å². The first kappa shape index (κ1) is 14.0. The number of rotatable bonds is 4. The summed E-state index contributed by atoms with van der Waals surface area (Å²) in [6, 6.07) is 3.54. The lowest BCUT2D eigenvalue weighted by molar-refractivity contribution is -0.130. The SMILES string of the molecule is COc1cc(CNC(=O)C2=NN(C)C(=O)CC2)ccn1. The van der Waals surface area contributed by atoms with Gasteiger partial charge in [0.1, 0.15) is 5.71 Å². The van der Waals surface area contributed by atoms with E-state index in [-0.39, 0.29) is 11.8 Å². The molecule has 0 bridgehead atoms. The Hall–Kier alpha value is -2.44. The topological polar surface area (TPSA) is 83.9 Å². The molecule has 1 aliphatic heterocycles. The molecule has 0 radical (unpaired) electrons. The number of aromatic nitrogens is 1. The van der Waals surface area contributed by atoms with Crippen LogP contribution in [-0.2, 0) is 16.1 Å². The second-order valence-electron chi connectivity index (χ2n) is 4.35. The van der Waals surface area contributed by atoms with E-state index >= 15 is 0 Å². The molecule has 0 saturated heterocycles. The molecule has 0 atom stereocenters. The van der Waals surface area contributed by atoms with Crippen LogP contribution < -0.4 is 10.1 Å². The number of carbonyl (C=O) groups excluding carboxylic acids is 2. The van der Waals surface area contributed by atoms with Crippen LogP contribution in [0.1, 0.15) is 18.4 Å². The van der Waals surface area contributed by atoms with E-state index < -0.39 is 0 Å². The number of amides is 2. The number of carbonyl (C=O) groups is 2. The highest BCUT2D eigenvalue weighted by Crippen LogP contribution is 2.09. The van der Waals surface area contributed by atoms with Crippen LogP contribution in [0.5, 0.6) is 5.88 Å². The third kappa shape index (κ3) is 3.31. The van der Waals surface area contributed by atoms with Gasteiger partial charge >= 0.3 is 0 Å². The first-order valence-corrected chi connectivity index (χ1v) is 6.21. The summed E-state index contributed by atoms with van der Waals surface area (Å²) in [6.45, 7) is 0.356. The van der Waals surface area contributed by atoms with Crippen LogP contribution in [0, 0.1) is 0 Å². The van der Waals surface area contributed by atoms with Gasteiger partial charge in [0.15, 0.2) is 0 Å². The maximum Gasteiger partial charge on any atom is 0.267 e. The van der Waals surface area contributed by atoms with E-state index in [4.69, 9.17) is 4.74 Å². The fourth-order valence-electron chi connectivity index (χ4n) is 1.79. The molecule has 1 N–H and O–H groups in total. The number of pyridine rings is 1. The third-order valence-electron chi connectivity index (χ3n) is 2.93. The van der Waals surface area contributed by atoms with Crippen LogP contribution in [0.25, 0.3) is 0 Å². The van der Waals surface area contributed by atoms with Gasteiger partial charge in [0.25, 0.3) is 5.91 Å². The summed E-state index contributed by atoms with van der Waals surface area (Å²) in [5.41, 5.74) is 1.25. The minimum Gasteiger partial charge on any atom is -0.481 e. The maximum atomic E-state index is 12.0. The quantitative estimate of drug-likeness (QED) is 0.858. The van der Waals surface area contributed by atoms with E-state index in [2.05, 4.69) is 15.4 Å². The predicted molar refractivity (Wildman–Crippen MR) is 72.1 cm³/mol. The molecule has 20 heavy (non-hydrogen) atoms. The Bertz CT molecular complexity index is 556. The highest BCUT2D eigenvalue weighted by molar-refractivity contribution is 6.39. The van der Waals surface area contributed by atoms with E-state index in [0.29, 0.717) is 31.0 Å². The fraction of sp³-hybridized carbons (Fsp3) is 0.385. The number of hydrogen-bond acceptors (Lipinski definition) is 5. The van der Waals surface area contributed by atoms with E-state index in [1.807, 2.05) is 0 Å². The van der Waals surface area contributed by atoms with Crippen LogP contribution in [0.4, 0.5) is 0 Å². The summed E-state index contributed by atoms with van der Waals surface area (Å²) in [5, 5.41) is 7.93. The average Bonchev–Trinajstić information content (AvgIpc) is 2.47. The second-order valence-corrected chi connectivity index (χ2v) is 4.35. The van der Waals surface area contributed by atoms with Crippen molar-refractivity contribution in [3.63, 3.8) is 0 Å². The fourth-order valence-corrected chi connectivity index (χ4v) is 1.79.